The molecule has 0 saturated carbocycles. The number of rotatable bonds is 5. The maximum absolute atomic E-state index is 12.4. The number of aryl methyl sites for hydroxylation is 1. The fourth-order valence-electron chi connectivity index (χ4n) is 4.20. The van der Waals surface area contributed by atoms with Crippen LogP contribution in [0.1, 0.15) is 44.7 Å². The van der Waals surface area contributed by atoms with Gasteiger partial charge in [-0.1, -0.05) is 53.7 Å². The zero-order valence-electron chi connectivity index (χ0n) is 15.9. The smallest absolute Gasteiger partial charge is 0.261 e. The first-order chi connectivity index (χ1) is 14.2. The van der Waals surface area contributed by atoms with Crippen LogP contribution in [-0.4, -0.2) is 35.6 Å². The van der Waals surface area contributed by atoms with Gasteiger partial charge >= 0.3 is 0 Å². The van der Waals surface area contributed by atoms with Crippen LogP contribution in [-0.2, 0) is 11.3 Å². The van der Waals surface area contributed by atoms with Crippen LogP contribution in [0.3, 0.4) is 0 Å². The van der Waals surface area contributed by atoms with Gasteiger partial charge in [-0.05, 0) is 41.3 Å². The van der Waals surface area contributed by atoms with Crippen LogP contribution in [0.4, 0.5) is 0 Å². The van der Waals surface area contributed by atoms with Crippen LogP contribution in [0.15, 0.2) is 65.8 Å². The Labute approximate surface area is 168 Å². The molecule has 0 atom stereocenters. The molecule has 0 radical (unpaired) electrons. The van der Waals surface area contributed by atoms with E-state index in [4.69, 9.17) is 4.84 Å². The number of nitrogens with zero attached hydrogens (tertiary/aromatic N) is 2. The summed E-state index contributed by atoms with van der Waals surface area (Å²) in [6.07, 6.45) is 2.38. The molecule has 144 valence electrons. The van der Waals surface area contributed by atoms with E-state index in [9.17, 15) is 9.59 Å². The van der Waals surface area contributed by atoms with Crippen LogP contribution in [0, 0.1) is 0 Å². The Morgan fingerprint density at radius 3 is 2.34 bits per heavy atom. The summed E-state index contributed by atoms with van der Waals surface area (Å²) >= 11 is 0. The van der Waals surface area contributed by atoms with Crippen molar-refractivity contribution in [2.75, 3.05) is 13.2 Å². The fraction of sp³-hybridized carbons (Fsp3) is 0.208. The van der Waals surface area contributed by atoms with Crippen LogP contribution in [0.5, 0.6) is 0 Å². The van der Waals surface area contributed by atoms with E-state index in [2.05, 4.69) is 41.6 Å². The SMILES string of the molecule is O=C1c2ccccc2C(=O)N1CCCON=C1CCc2c1ccc1ccccc21. The molecule has 0 unspecified atom stereocenters. The van der Waals surface area contributed by atoms with Crippen molar-refractivity contribution in [2.24, 2.45) is 5.16 Å². The summed E-state index contributed by atoms with van der Waals surface area (Å²) < 4.78 is 0. The first-order valence-electron chi connectivity index (χ1n) is 9.89. The highest BCUT2D eigenvalue weighted by Gasteiger charge is 2.34. The molecule has 2 aliphatic rings. The lowest BCUT2D eigenvalue weighted by atomic mass is 10.0. The number of oxime groups is 1. The molecule has 0 spiro atoms. The predicted molar refractivity (Wildman–Crippen MR) is 111 cm³/mol. The summed E-state index contributed by atoms with van der Waals surface area (Å²) in [7, 11) is 0. The lowest BCUT2D eigenvalue weighted by molar-refractivity contribution is 0.0628. The molecule has 0 aromatic heterocycles. The van der Waals surface area contributed by atoms with Crippen molar-refractivity contribution in [1.82, 2.24) is 4.90 Å². The largest absolute Gasteiger partial charge is 0.396 e. The number of fused-ring (bicyclic) bond motifs is 4. The normalized spacial score (nSPS) is 16.6. The molecule has 5 rings (SSSR count). The Kier molecular flexibility index (Phi) is 4.35. The van der Waals surface area contributed by atoms with Crippen molar-refractivity contribution < 1.29 is 14.4 Å². The molecule has 1 heterocycles. The second kappa shape index (κ2) is 7.17. The summed E-state index contributed by atoms with van der Waals surface area (Å²) in [5.41, 5.74) is 4.41. The third-order valence-corrected chi connectivity index (χ3v) is 5.63. The number of benzene rings is 3. The lowest BCUT2D eigenvalue weighted by Gasteiger charge is -2.13. The van der Waals surface area contributed by atoms with Gasteiger partial charge in [0.05, 0.1) is 16.8 Å². The van der Waals surface area contributed by atoms with Crippen LogP contribution >= 0.6 is 0 Å². The van der Waals surface area contributed by atoms with Gasteiger partial charge in [-0.2, -0.15) is 0 Å². The Bertz CT molecular complexity index is 1130. The van der Waals surface area contributed by atoms with Gasteiger partial charge < -0.3 is 4.84 Å². The highest BCUT2D eigenvalue weighted by Crippen LogP contribution is 2.30. The molecule has 0 saturated heterocycles. The Morgan fingerprint density at radius 1 is 0.828 bits per heavy atom. The second-order valence-corrected chi connectivity index (χ2v) is 7.35. The van der Waals surface area contributed by atoms with Gasteiger partial charge in [0, 0.05) is 18.5 Å². The van der Waals surface area contributed by atoms with Crippen LogP contribution in [0.25, 0.3) is 10.8 Å². The number of carbonyl (C=O) groups is 2. The molecule has 2 amide bonds. The van der Waals surface area contributed by atoms with Gasteiger partial charge in [0.1, 0.15) is 6.61 Å². The van der Waals surface area contributed by atoms with E-state index < -0.39 is 0 Å². The summed E-state index contributed by atoms with van der Waals surface area (Å²) in [5.74, 6) is -0.456. The van der Waals surface area contributed by atoms with Gasteiger partial charge in [-0.25, -0.2) is 0 Å². The first kappa shape index (κ1) is 17.6. The molecule has 0 N–H and O–H groups in total. The molecule has 0 bridgehead atoms. The van der Waals surface area contributed by atoms with E-state index in [0.29, 0.717) is 30.7 Å². The summed E-state index contributed by atoms with van der Waals surface area (Å²) in [6, 6.07) is 19.6. The second-order valence-electron chi connectivity index (χ2n) is 7.35. The minimum Gasteiger partial charge on any atom is -0.396 e. The molecule has 0 fully saturated rings. The standard InChI is InChI=1S/C24H20N2O3/c27-23-20-8-3-4-9-21(20)24(28)26(23)14-5-15-29-25-22-13-12-18-17-7-2-1-6-16(17)10-11-19(18)22/h1-4,6-11H,5,12-15H2. The van der Waals surface area contributed by atoms with E-state index in [1.807, 2.05) is 0 Å². The number of hydrogen-bond donors (Lipinski definition) is 0. The number of carbonyl (C=O) groups excluding carboxylic acids is 2. The van der Waals surface area contributed by atoms with Crippen molar-refractivity contribution in [3.63, 3.8) is 0 Å². The van der Waals surface area contributed by atoms with Crippen LogP contribution in [0.2, 0.25) is 0 Å². The molecule has 1 aliphatic heterocycles. The van der Waals surface area contributed by atoms with E-state index in [0.717, 1.165) is 24.1 Å². The quantitative estimate of drug-likeness (QED) is 0.376. The zero-order valence-corrected chi connectivity index (χ0v) is 15.9. The highest BCUT2D eigenvalue weighted by molar-refractivity contribution is 6.21. The van der Waals surface area contributed by atoms with Crippen molar-refractivity contribution in [3.8, 4) is 0 Å². The van der Waals surface area contributed by atoms with Gasteiger partial charge in [0.25, 0.3) is 11.8 Å². The van der Waals surface area contributed by atoms with Crippen LogP contribution < -0.4 is 0 Å². The van der Waals surface area contributed by atoms with Crippen molar-refractivity contribution in [3.05, 3.63) is 82.9 Å². The number of amides is 2. The molecule has 3 aromatic carbocycles. The van der Waals surface area contributed by atoms with Crippen molar-refractivity contribution in [2.45, 2.75) is 19.3 Å². The molecule has 29 heavy (non-hydrogen) atoms. The Hall–Kier alpha value is -3.47. The summed E-state index contributed by atoms with van der Waals surface area (Å²) in [5, 5.41) is 6.86. The van der Waals surface area contributed by atoms with Gasteiger partial charge in [0.15, 0.2) is 0 Å². The van der Waals surface area contributed by atoms with E-state index in [1.54, 1.807) is 24.3 Å². The van der Waals surface area contributed by atoms with E-state index >= 15 is 0 Å². The predicted octanol–water partition coefficient (Wildman–Crippen LogP) is 4.19. The average Bonchev–Trinajstić information content (AvgIpc) is 3.28. The third-order valence-electron chi connectivity index (χ3n) is 5.63. The third kappa shape index (κ3) is 2.99. The maximum atomic E-state index is 12.4. The first-order valence-corrected chi connectivity index (χ1v) is 9.89. The minimum absolute atomic E-state index is 0.228. The highest BCUT2D eigenvalue weighted by atomic mass is 16.6. The summed E-state index contributed by atoms with van der Waals surface area (Å²) in [4.78, 5) is 31.5. The Morgan fingerprint density at radius 2 is 1.55 bits per heavy atom. The van der Waals surface area contributed by atoms with Gasteiger partial charge in [0.2, 0.25) is 0 Å². The Balaban J connectivity index is 1.20. The molecule has 1 aliphatic carbocycles. The minimum atomic E-state index is -0.228. The fourth-order valence-corrected chi connectivity index (χ4v) is 4.20. The average molecular weight is 384 g/mol. The molecule has 5 heteroatoms. The maximum Gasteiger partial charge on any atom is 0.261 e. The van der Waals surface area contributed by atoms with Crippen molar-refractivity contribution in [1.29, 1.82) is 0 Å². The number of imide groups is 1. The topological polar surface area (TPSA) is 59.0 Å². The molecular formula is C24H20N2O3. The lowest BCUT2D eigenvalue weighted by Crippen LogP contribution is -2.31. The monoisotopic (exact) mass is 384 g/mol. The summed E-state index contributed by atoms with van der Waals surface area (Å²) in [6.45, 7) is 0.693. The number of hydrogen-bond acceptors (Lipinski definition) is 4. The molecular weight excluding hydrogens is 364 g/mol. The van der Waals surface area contributed by atoms with Crippen molar-refractivity contribution >= 4 is 28.3 Å². The zero-order chi connectivity index (χ0) is 19.8. The van der Waals surface area contributed by atoms with Gasteiger partial charge in [-0.15, -0.1) is 0 Å². The van der Waals surface area contributed by atoms with Gasteiger partial charge in [-0.3, -0.25) is 14.5 Å². The molecule has 5 nitrogen and oxygen atoms in total. The molecule has 3 aromatic rings. The van der Waals surface area contributed by atoms with E-state index in [-0.39, 0.29) is 11.8 Å². The van der Waals surface area contributed by atoms with E-state index in [1.165, 1.54) is 21.2 Å².